The standard InChI is InChI=1S/C17H22N2O/c1-19-12-16(11-18)15-8-5-9-17(10-15)20-13-14-6-3-2-4-7-14/h2-10,16,19H,11-13,18H2,1H3. The van der Waals surface area contributed by atoms with E-state index < -0.39 is 0 Å². The van der Waals surface area contributed by atoms with Gasteiger partial charge in [-0.15, -0.1) is 0 Å². The Hall–Kier alpha value is -1.84. The van der Waals surface area contributed by atoms with E-state index in [4.69, 9.17) is 10.5 Å². The Morgan fingerprint density at radius 1 is 1.10 bits per heavy atom. The highest BCUT2D eigenvalue weighted by atomic mass is 16.5. The Labute approximate surface area is 120 Å². The second-order valence-electron chi connectivity index (χ2n) is 4.84. The average Bonchev–Trinajstić information content (AvgIpc) is 2.52. The van der Waals surface area contributed by atoms with Gasteiger partial charge in [-0.25, -0.2) is 0 Å². The fourth-order valence-corrected chi connectivity index (χ4v) is 2.18. The lowest BCUT2D eigenvalue weighted by atomic mass is 9.99. The van der Waals surface area contributed by atoms with Crippen LogP contribution in [0.3, 0.4) is 0 Å². The van der Waals surface area contributed by atoms with Gasteiger partial charge in [0.25, 0.3) is 0 Å². The van der Waals surface area contributed by atoms with Crippen LogP contribution < -0.4 is 15.8 Å². The van der Waals surface area contributed by atoms with Crippen molar-refractivity contribution in [3.05, 3.63) is 65.7 Å². The molecule has 106 valence electrons. The van der Waals surface area contributed by atoms with Gasteiger partial charge in [-0.1, -0.05) is 42.5 Å². The number of hydrogen-bond acceptors (Lipinski definition) is 3. The van der Waals surface area contributed by atoms with Crippen LogP contribution >= 0.6 is 0 Å². The summed E-state index contributed by atoms with van der Waals surface area (Å²) in [6.45, 7) is 2.09. The molecule has 0 heterocycles. The first-order valence-corrected chi connectivity index (χ1v) is 6.95. The molecule has 0 spiro atoms. The highest BCUT2D eigenvalue weighted by Crippen LogP contribution is 2.21. The van der Waals surface area contributed by atoms with Crippen molar-refractivity contribution in [3.63, 3.8) is 0 Å². The Kier molecular flexibility index (Phi) is 5.59. The van der Waals surface area contributed by atoms with E-state index in [0.717, 1.165) is 12.3 Å². The van der Waals surface area contributed by atoms with Gasteiger partial charge in [0.05, 0.1) is 0 Å². The molecule has 0 bridgehead atoms. The molecule has 0 radical (unpaired) electrons. The van der Waals surface area contributed by atoms with Gasteiger partial charge in [0.15, 0.2) is 0 Å². The molecular formula is C17H22N2O. The van der Waals surface area contributed by atoms with Crippen LogP contribution in [0.5, 0.6) is 5.75 Å². The summed E-state index contributed by atoms with van der Waals surface area (Å²) in [6, 6.07) is 18.4. The topological polar surface area (TPSA) is 47.3 Å². The molecule has 2 aromatic carbocycles. The van der Waals surface area contributed by atoms with Gasteiger partial charge in [-0.3, -0.25) is 0 Å². The van der Waals surface area contributed by atoms with Crippen LogP contribution in [0.2, 0.25) is 0 Å². The molecule has 3 heteroatoms. The van der Waals surface area contributed by atoms with Gasteiger partial charge in [-0.2, -0.15) is 0 Å². The summed E-state index contributed by atoms with van der Waals surface area (Å²) in [5, 5.41) is 3.17. The largest absolute Gasteiger partial charge is 0.489 e. The monoisotopic (exact) mass is 270 g/mol. The molecule has 0 fully saturated rings. The smallest absolute Gasteiger partial charge is 0.120 e. The second-order valence-corrected chi connectivity index (χ2v) is 4.84. The van der Waals surface area contributed by atoms with Gasteiger partial charge in [-0.05, 0) is 30.3 Å². The molecule has 20 heavy (non-hydrogen) atoms. The van der Waals surface area contributed by atoms with Crippen molar-refractivity contribution < 1.29 is 4.74 Å². The van der Waals surface area contributed by atoms with Crippen LogP contribution in [0.15, 0.2) is 54.6 Å². The summed E-state index contributed by atoms with van der Waals surface area (Å²) in [7, 11) is 1.94. The maximum Gasteiger partial charge on any atom is 0.120 e. The molecule has 2 rings (SSSR count). The van der Waals surface area contributed by atoms with E-state index in [9.17, 15) is 0 Å². The minimum absolute atomic E-state index is 0.320. The van der Waals surface area contributed by atoms with E-state index in [0.29, 0.717) is 19.1 Å². The summed E-state index contributed by atoms with van der Waals surface area (Å²) >= 11 is 0. The van der Waals surface area contributed by atoms with Crippen molar-refractivity contribution in [1.82, 2.24) is 5.32 Å². The molecule has 1 unspecified atom stereocenters. The van der Waals surface area contributed by atoms with Crippen LogP contribution in [0.25, 0.3) is 0 Å². The van der Waals surface area contributed by atoms with Crippen LogP contribution in [0, 0.1) is 0 Å². The number of benzene rings is 2. The maximum atomic E-state index is 5.84. The molecule has 3 N–H and O–H groups in total. The van der Waals surface area contributed by atoms with E-state index in [1.54, 1.807) is 0 Å². The average molecular weight is 270 g/mol. The van der Waals surface area contributed by atoms with Crippen LogP contribution in [0.4, 0.5) is 0 Å². The number of hydrogen-bond donors (Lipinski definition) is 2. The zero-order valence-electron chi connectivity index (χ0n) is 11.9. The first-order valence-electron chi connectivity index (χ1n) is 6.95. The molecule has 1 atom stereocenters. The van der Waals surface area contributed by atoms with Gasteiger partial charge in [0, 0.05) is 19.0 Å². The SMILES string of the molecule is CNCC(CN)c1cccc(OCc2ccccc2)c1. The molecule has 0 aliphatic rings. The van der Waals surface area contributed by atoms with Crippen molar-refractivity contribution in [2.75, 3.05) is 20.1 Å². The van der Waals surface area contributed by atoms with Crippen molar-refractivity contribution in [2.45, 2.75) is 12.5 Å². The third-order valence-electron chi connectivity index (χ3n) is 3.31. The normalized spacial score (nSPS) is 12.1. The number of nitrogens with two attached hydrogens (primary N) is 1. The molecule has 3 nitrogen and oxygen atoms in total. The van der Waals surface area contributed by atoms with Crippen molar-refractivity contribution in [1.29, 1.82) is 0 Å². The fraction of sp³-hybridized carbons (Fsp3) is 0.294. The van der Waals surface area contributed by atoms with E-state index in [1.165, 1.54) is 11.1 Å². The molecule has 0 aromatic heterocycles. The number of rotatable bonds is 7. The first-order chi connectivity index (χ1) is 9.83. The predicted molar refractivity (Wildman–Crippen MR) is 82.9 cm³/mol. The van der Waals surface area contributed by atoms with Gasteiger partial charge >= 0.3 is 0 Å². The Bertz CT molecular complexity index is 513. The lowest BCUT2D eigenvalue weighted by Crippen LogP contribution is -2.23. The molecule has 0 saturated carbocycles. The lowest BCUT2D eigenvalue weighted by Gasteiger charge is -2.16. The number of ether oxygens (including phenoxy) is 1. The summed E-state index contributed by atoms with van der Waals surface area (Å²) in [4.78, 5) is 0. The fourth-order valence-electron chi connectivity index (χ4n) is 2.18. The number of likely N-dealkylation sites (N-methyl/N-ethyl adjacent to an activating group) is 1. The minimum Gasteiger partial charge on any atom is -0.489 e. The third-order valence-corrected chi connectivity index (χ3v) is 3.31. The van der Waals surface area contributed by atoms with Crippen LogP contribution in [0.1, 0.15) is 17.0 Å². The lowest BCUT2D eigenvalue weighted by molar-refractivity contribution is 0.305. The van der Waals surface area contributed by atoms with E-state index in [1.807, 2.05) is 37.4 Å². The Morgan fingerprint density at radius 2 is 1.90 bits per heavy atom. The van der Waals surface area contributed by atoms with Crippen molar-refractivity contribution in [3.8, 4) is 5.75 Å². The predicted octanol–water partition coefficient (Wildman–Crippen LogP) is 2.53. The summed E-state index contributed by atoms with van der Waals surface area (Å²) in [5.74, 6) is 1.21. The zero-order chi connectivity index (χ0) is 14.2. The van der Waals surface area contributed by atoms with Gasteiger partial charge in [0.1, 0.15) is 12.4 Å². The molecule has 0 saturated heterocycles. The van der Waals surface area contributed by atoms with Crippen LogP contribution in [-0.2, 0) is 6.61 Å². The quantitative estimate of drug-likeness (QED) is 0.812. The molecular weight excluding hydrogens is 248 g/mol. The molecule has 0 amide bonds. The van der Waals surface area contributed by atoms with Gasteiger partial charge in [0.2, 0.25) is 0 Å². The number of nitrogens with one attached hydrogen (secondary N) is 1. The second kappa shape index (κ2) is 7.68. The third kappa shape index (κ3) is 4.08. The van der Waals surface area contributed by atoms with Gasteiger partial charge < -0.3 is 15.8 Å². The summed E-state index contributed by atoms with van der Waals surface area (Å²) in [5.41, 5.74) is 8.21. The summed E-state index contributed by atoms with van der Waals surface area (Å²) < 4.78 is 5.84. The first kappa shape index (κ1) is 14.6. The zero-order valence-corrected chi connectivity index (χ0v) is 11.9. The van der Waals surface area contributed by atoms with E-state index in [-0.39, 0.29) is 0 Å². The molecule has 0 aliphatic carbocycles. The molecule has 2 aromatic rings. The van der Waals surface area contributed by atoms with Crippen molar-refractivity contribution >= 4 is 0 Å². The molecule has 0 aliphatic heterocycles. The van der Waals surface area contributed by atoms with E-state index in [2.05, 4.69) is 29.6 Å². The highest BCUT2D eigenvalue weighted by molar-refractivity contribution is 5.31. The minimum atomic E-state index is 0.320. The summed E-state index contributed by atoms with van der Waals surface area (Å²) in [6.07, 6.45) is 0. The highest BCUT2D eigenvalue weighted by Gasteiger charge is 2.09. The van der Waals surface area contributed by atoms with Crippen LogP contribution in [-0.4, -0.2) is 20.1 Å². The van der Waals surface area contributed by atoms with Crippen molar-refractivity contribution in [2.24, 2.45) is 5.73 Å². The van der Waals surface area contributed by atoms with E-state index >= 15 is 0 Å². The maximum absolute atomic E-state index is 5.84. The Balaban J connectivity index is 2.02. The Morgan fingerprint density at radius 3 is 2.60 bits per heavy atom.